The summed E-state index contributed by atoms with van der Waals surface area (Å²) in [5.41, 5.74) is 0.985. The normalized spacial score (nSPS) is 12.0. The summed E-state index contributed by atoms with van der Waals surface area (Å²) < 4.78 is 11.0. The average Bonchev–Trinajstić information content (AvgIpc) is 2.56. The Morgan fingerprint density at radius 2 is 1.87 bits per heavy atom. The van der Waals surface area contributed by atoms with Crippen LogP contribution in [-0.2, 0) is 4.79 Å². The summed E-state index contributed by atoms with van der Waals surface area (Å²) in [4.78, 5) is 23.0. The number of carbonyl (C=O) groups is 1. The summed E-state index contributed by atoms with van der Waals surface area (Å²) in [6, 6.07) is 15.3. The van der Waals surface area contributed by atoms with Crippen molar-refractivity contribution in [1.82, 2.24) is 0 Å². The van der Waals surface area contributed by atoms with Crippen LogP contribution in [0.2, 0.25) is 0 Å². The van der Waals surface area contributed by atoms with Crippen LogP contribution in [0.4, 0.5) is 0 Å². The van der Waals surface area contributed by atoms with E-state index in [1.165, 1.54) is 19.1 Å². The Hall–Kier alpha value is -3.08. The zero-order valence-corrected chi connectivity index (χ0v) is 12.3. The lowest BCUT2D eigenvalue weighted by molar-refractivity contribution is -0.312. The third-order valence-electron chi connectivity index (χ3n) is 3.40. The first-order valence-corrected chi connectivity index (χ1v) is 7.05. The van der Waals surface area contributed by atoms with E-state index in [0.717, 1.165) is 5.56 Å². The van der Waals surface area contributed by atoms with Crippen molar-refractivity contribution in [2.45, 2.75) is 13.0 Å². The van der Waals surface area contributed by atoms with Crippen molar-refractivity contribution in [3.63, 3.8) is 0 Å². The Morgan fingerprint density at radius 3 is 2.57 bits per heavy atom. The molecule has 0 saturated heterocycles. The molecule has 116 valence electrons. The third-order valence-corrected chi connectivity index (χ3v) is 3.40. The van der Waals surface area contributed by atoms with Gasteiger partial charge in [0.15, 0.2) is 5.43 Å². The number of rotatable bonds is 4. The second kappa shape index (κ2) is 5.96. The Balaban J connectivity index is 2.03. The Bertz CT molecular complexity index is 912. The topological polar surface area (TPSA) is 79.6 Å². The standard InChI is InChI=1S/C18H14O5/c1-11(18(20)21)22-13-7-8-16-14(9-13)15(19)10-17(23-16)12-5-3-2-4-6-12/h2-11H,1H3,(H,20,21)/p-1. The fraction of sp³-hybridized carbons (Fsp3) is 0.111. The molecule has 1 aromatic heterocycles. The number of carbonyl (C=O) groups excluding carboxylic acids is 1. The van der Waals surface area contributed by atoms with Crippen LogP contribution < -0.4 is 15.3 Å². The maximum absolute atomic E-state index is 12.3. The Kier molecular flexibility index (Phi) is 3.85. The number of fused-ring (bicyclic) bond motifs is 1. The molecule has 0 amide bonds. The van der Waals surface area contributed by atoms with Gasteiger partial charge < -0.3 is 19.1 Å². The molecule has 23 heavy (non-hydrogen) atoms. The monoisotopic (exact) mass is 309 g/mol. The fourth-order valence-electron chi connectivity index (χ4n) is 2.21. The summed E-state index contributed by atoms with van der Waals surface area (Å²) in [5, 5.41) is 11.0. The van der Waals surface area contributed by atoms with Gasteiger partial charge in [-0.05, 0) is 25.1 Å². The highest BCUT2D eigenvalue weighted by Crippen LogP contribution is 2.24. The number of carboxylic acids is 1. The third kappa shape index (κ3) is 3.08. The molecular weight excluding hydrogens is 296 g/mol. The van der Waals surface area contributed by atoms with Gasteiger partial charge in [0, 0.05) is 11.6 Å². The van der Waals surface area contributed by atoms with E-state index < -0.39 is 12.1 Å². The number of aliphatic carboxylic acids is 1. The summed E-state index contributed by atoms with van der Waals surface area (Å²) in [7, 11) is 0. The highest BCUT2D eigenvalue weighted by Gasteiger charge is 2.10. The van der Waals surface area contributed by atoms with Crippen molar-refractivity contribution in [3.05, 3.63) is 64.8 Å². The molecule has 0 spiro atoms. The zero-order chi connectivity index (χ0) is 16.4. The number of hydrogen-bond acceptors (Lipinski definition) is 5. The van der Waals surface area contributed by atoms with Crippen molar-refractivity contribution in [2.75, 3.05) is 0 Å². The van der Waals surface area contributed by atoms with Crippen molar-refractivity contribution in [2.24, 2.45) is 0 Å². The molecule has 0 saturated carbocycles. The molecule has 3 aromatic rings. The van der Waals surface area contributed by atoms with Crippen LogP contribution in [0.15, 0.2) is 63.8 Å². The highest BCUT2D eigenvalue weighted by molar-refractivity contribution is 5.80. The second-order valence-electron chi connectivity index (χ2n) is 5.08. The quantitative estimate of drug-likeness (QED) is 0.736. The minimum absolute atomic E-state index is 0.225. The van der Waals surface area contributed by atoms with Crippen LogP contribution in [-0.4, -0.2) is 12.1 Å². The highest BCUT2D eigenvalue weighted by atomic mass is 16.5. The molecule has 3 rings (SSSR count). The lowest BCUT2D eigenvalue weighted by Crippen LogP contribution is -2.37. The van der Waals surface area contributed by atoms with E-state index in [4.69, 9.17) is 9.15 Å². The van der Waals surface area contributed by atoms with E-state index >= 15 is 0 Å². The van der Waals surface area contributed by atoms with Crippen LogP contribution in [0.3, 0.4) is 0 Å². The van der Waals surface area contributed by atoms with Crippen LogP contribution in [0, 0.1) is 0 Å². The fourth-order valence-corrected chi connectivity index (χ4v) is 2.21. The smallest absolute Gasteiger partial charge is 0.193 e. The number of ether oxygens (including phenoxy) is 1. The Morgan fingerprint density at radius 1 is 1.13 bits per heavy atom. The number of benzene rings is 2. The van der Waals surface area contributed by atoms with E-state index in [9.17, 15) is 14.7 Å². The molecular formula is C18H13O5-. The predicted molar refractivity (Wildman–Crippen MR) is 83.0 cm³/mol. The van der Waals surface area contributed by atoms with Gasteiger partial charge in [-0.25, -0.2) is 0 Å². The molecule has 1 unspecified atom stereocenters. The number of hydrogen-bond donors (Lipinski definition) is 0. The molecule has 0 fully saturated rings. The molecule has 0 aliphatic carbocycles. The lowest BCUT2D eigenvalue weighted by atomic mass is 10.1. The van der Waals surface area contributed by atoms with Crippen LogP contribution in [0.1, 0.15) is 6.92 Å². The summed E-state index contributed by atoms with van der Waals surface area (Å²) in [5.74, 6) is -0.578. The van der Waals surface area contributed by atoms with Gasteiger partial charge in [-0.1, -0.05) is 30.3 Å². The summed E-state index contributed by atoms with van der Waals surface area (Å²) in [6.07, 6.45) is -1.11. The largest absolute Gasteiger partial charge is 0.546 e. The maximum atomic E-state index is 12.3. The van der Waals surface area contributed by atoms with Crippen molar-refractivity contribution < 1.29 is 19.1 Å². The van der Waals surface area contributed by atoms with Crippen LogP contribution >= 0.6 is 0 Å². The maximum Gasteiger partial charge on any atom is 0.193 e. The lowest BCUT2D eigenvalue weighted by Gasteiger charge is -2.15. The van der Waals surface area contributed by atoms with Gasteiger partial charge in [0.2, 0.25) is 0 Å². The van der Waals surface area contributed by atoms with E-state index in [1.54, 1.807) is 12.1 Å². The first-order valence-electron chi connectivity index (χ1n) is 7.05. The minimum Gasteiger partial charge on any atom is -0.546 e. The van der Waals surface area contributed by atoms with E-state index in [0.29, 0.717) is 16.7 Å². The minimum atomic E-state index is -1.32. The van der Waals surface area contributed by atoms with E-state index in [-0.39, 0.29) is 11.2 Å². The van der Waals surface area contributed by atoms with Crippen LogP contribution in [0.5, 0.6) is 5.75 Å². The predicted octanol–water partition coefficient (Wildman–Crippen LogP) is 1.98. The van der Waals surface area contributed by atoms with Gasteiger partial charge in [-0.2, -0.15) is 0 Å². The summed E-state index contributed by atoms with van der Waals surface area (Å²) in [6.45, 7) is 1.36. The first kappa shape index (κ1) is 14.8. The molecule has 0 aliphatic rings. The van der Waals surface area contributed by atoms with Crippen molar-refractivity contribution in [1.29, 1.82) is 0 Å². The molecule has 1 atom stereocenters. The number of carboxylic acid groups (broad SMARTS) is 1. The second-order valence-corrected chi connectivity index (χ2v) is 5.08. The van der Waals surface area contributed by atoms with E-state index in [2.05, 4.69) is 0 Å². The molecule has 0 bridgehead atoms. The first-order chi connectivity index (χ1) is 11.0. The van der Waals surface area contributed by atoms with Gasteiger partial charge >= 0.3 is 0 Å². The van der Waals surface area contributed by atoms with Crippen LogP contribution in [0.25, 0.3) is 22.3 Å². The average molecular weight is 309 g/mol. The van der Waals surface area contributed by atoms with Gasteiger partial charge in [-0.3, -0.25) is 4.79 Å². The zero-order valence-electron chi connectivity index (χ0n) is 12.3. The molecule has 1 heterocycles. The molecule has 2 aromatic carbocycles. The van der Waals surface area contributed by atoms with E-state index in [1.807, 2.05) is 30.3 Å². The molecule has 0 N–H and O–H groups in total. The van der Waals surface area contributed by atoms with Gasteiger partial charge in [0.1, 0.15) is 23.2 Å². The SMILES string of the molecule is CC(Oc1ccc2oc(-c3ccccc3)cc(=O)c2c1)C(=O)[O-]. The van der Waals surface area contributed by atoms with Crippen molar-refractivity contribution in [3.8, 4) is 17.1 Å². The van der Waals surface area contributed by atoms with Gasteiger partial charge in [0.25, 0.3) is 0 Å². The Labute approximate surface area is 131 Å². The van der Waals surface area contributed by atoms with Crippen molar-refractivity contribution >= 4 is 16.9 Å². The molecule has 5 nitrogen and oxygen atoms in total. The molecule has 5 heteroatoms. The molecule has 0 radical (unpaired) electrons. The molecule has 0 aliphatic heterocycles. The van der Waals surface area contributed by atoms with Gasteiger partial charge in [-0.15, -0.1) is 0 Å². The van der Waals surface area contributed by atoms with Gasteiger partial charge in [0.05, 0.1) is 11.4 Å². The summed E-state index contributed by atoms with van der Waals surface area (Å²) >= 11 is 0.